The van der Waals surface area contributed by atoms with Gasteiger partial charge in [0.05, 0.1) is 43.0 Å². The zero-order chi connectivity index (χ0) is 30.1. The maximum atomic E-state index is 11.5. The molecule has 16 N–H and O–H groups in total. The fourth-order valence-corrected chi connectivity index (χ4v) is 6.23. The van der Waals surface area contributed by atoms with Gasteiger partial charge in [0.15, 0.2) is 18.9 Å². The number of nitrogens with two attached hydrogens (primary N) is 5. The SMILES string of the molecule is CNC1C(O[C@H]2OC(C)[C@@H](NC(CN)CN)C(O)C2O)OCC2(CCC(N)[C@@H](O[C@H]3CC(O)[C@H](N)CC3N)O2)C1O. The third-order valence-electron chi connectivity index (χ3n) is 9.01. The van der Waals surface area contributed by atoms with Crippen LogP contribution < -0.4 is 39.3 Å². The summed E-state index contributed by atoms with van der Waals surface area (Å²) in [6.45, 7) is 2.18. The van der Waals surface area contributed by atoms with E-state index < -0.39 is 91.3 Å². The molecule has 41 heavy (non-hydrogen) atoms. The Hall–Kier alpha value is -0.640. The van der Waals surface area contributed by atoms with E-state index in [4.69, 9.17) is 52.4 Å². The summed E-state index contributed by atoms with van der Waals surface area (Å²) < 4.78 is 30.4. The van der Waals surface area contributed by atoms with Crippen molar-refractivity contribution in [1.29, 1.82) is 0 Å². The van der Waals surface area contributed by atoms with Crippen molar-refractivity contribution in [3.63, 3.8) is 0 Å². The third-order valence-corrected chi connectivity index (χ3v) is 9.01. The lowest BCUT2D eigenvalue weighted by Crippen LogP contribution is -2.71. The van der Waals surface area contributed by atoms with Crippen LogP contribution in [0.25, 0.3) is 0 Å². The molecule has 240 valence electrons. The second-order valence-corrected chi connectivity index (χ2v) is 11.9. The van der Waals surface area contributed by atoms with Crippen LogP contribution in [0.1, 0.15) is 32.6 Å². The molecule has 4 aliphatic rings. The number of hydrogen-bond donors (Lipinski definition) is 11. The zero-order valence-corrected chi connectivity index (χ0v) is 23.8. The lowest BCUT2D eigenvalue weighted by Gasteiger charge is -2.53. The van der Waals surface area contributed by atoms with Gasteiger partial charge < -0.3 is 83.4 Å². The van der Waals surface area contributed by atoms with Gasteiger partial charge in [0.1, 0.15) is 23.9 Å². The highest BCUT2D eigenvalue weighted by Crippen LogP contribution is 2.39. The first kappa shape index (κ1) is 33.3. The quantitative estimate of drug-likeness (QED) is 0.119. The van der Waals surface area contributed by atoms with Crippen LogP contribution in [0.4, 0.5) is 0 Å². The predicted molar refractivity (Wildman–Crippen MR) is 146 cm³/mol. The summed E-state index contributed by atoms with van der Waals surface area (Å²) in [5, 5.41) is 49.6. The van der Waals surface area contributed by atoms with Gasteiger partial charge in [-0.2, -0.15) is 0 Å². The molecule has 3 heterocycles. The highest BCUT2D eigenvalue weighted by molar-refractivity contribution is 5.04. The van der Waals surface area contributed by atoms with Crippen LogP contribution >= 0.6 is 0 Å². The molecule has 1 saturated carbocycles. The van der Waals surface area contributed by atoms with Crippen molar-refractivity contribution >= 4 is 0 Å². The standard InChI is InChI=1S/C25H51N7O9/c1-10-17(32-11(7-26)8-27)19(34)20(35)24(38-10)40-23-18(31-2)21(36)25(9-37-23)4-3-12(28)22(41-25)39-16-6-15(33)13(29)5-14(16)30/h10-24,31-36H,3-9,26-30H2,1-2H3/t10?,12?,13-,14?,15?,16+,17-,18?,19?,20?,21?,22+,23?,24-,25?/m1/s1. The number of hydrogen-bond acceptors (Lipinski definition) is 16. The van der Waals surface area contributed by atoms with Gasteiger partial charge in [-0.05, 0) is 33.2 Å². The van der Waals surface area contributed by atoms with Crippen molar-refractivity contribution in [3.8, 4) is 0 Å². The topological polar surface area (TPSA) is 281 Å². The Labute approximate surface area is 240 Å². The number of nitrogens with one attached hydrogen (secondary N) is 2. The van der Waals surface area contributed by atoms with Gasteiger partial charge in [-0.1, -0.05) is 0 Å². The molecule has 10 unspecified atom stereocenters. The lowest BCUT2D eigenvalue weighted by atomic mass is 9.81. The van der Waals surface area contributed by atoms with Crippen LogP contribution in [0.5, 0.6) is 0 Å². The number of ether oxygens (including phenoxy) is 5. The minimum atomic E-state index is -1.42. The summed E-state index contributed by atoms with van der Waals surface area (Å²) in [4.78, 5) is 0. The molecule has 1 spiro atoms. The molecule has 16 heteroatoms. The van der Waals surface area contributed by atoms with Crippen molar-refractivity contribution in [3.05, 3.63) is 0 Å². The van der Waals surface area contributed by atoms with Gasteiger partial charge in [0.25, 0.3) is 0 Å². The fourth-order valence-electron chi connectivity index (χ4n) is 6.23. The van der Waals surface area contributed by atoms with Crippen molar-refractivity contribution in [1.82, 2.24) is 10.6 Å². The van der Waals surface area contributed by atoms with Gasteiger partial charge >= 0.3 is 0 Å². The first-order valence-electron chi connectivity index (χ1n) is 14.5. The molecule has 0 amide bonds. The number of aliphatic hydroxyl groups excluding tert-OH is 4. The van der Waals surface area contributed by atoms with E-state index in [2.05, 4.69) is 10.6 Å². The second-order valence-electron chi connectivity index (χ2n) is 11.9. The molecule has 3 saturated heterocycles. The Balaban J connectivity index is 1.40. The maximum absolute atomic E-state index is 11.5. The molecular formula is C25H51N7O9. The first-order valence-corrected chi connectivity index (χ1v) is 14.5. The van der Waals surface area contributed by atoms with Gasteiger partial charge in [-0.3, -0.25) is 0 Å². The van der Waals surface area contributed by atoms with Crippen LogP contribution in [0.2, 0.25) is 0 Å². The fraction of sp³-hybridized carbons (Fsp3) is 1.00. The molecule has 4 fully saturated rings. The van der Waals surface area contributed by atoms with Crippen molar-refractivity contribution in [2.24, 2.45) is 28.7 Å². The van der Waals surface area contributed by atoms with Crippen LogP contribution in [0.15, 0.2) is 0 Å². The Morgan fingerprint density at radius 2 is 1.61 bits per heavy atom. The van der Waals surface area contributed by atoms with E-state index >= 15 is 0 Å². The van der Waals surface area contributed by atoms with E-state index in [-0.39, 0.29) is 32.2 Å². The van der Waals surface area contributed by atoms with E-state index in [1.165, 1.54) is 0 Å². The van der Waals surface area contributed by atoms with Gasteiger partial charge in [-0.25, -0.2) is 0 Å². The molecule has 4 rings (SSSR count). The molecule has 0 aromatic heterocycles. The Kier molecular flexibility index (Phi) is 11.3. The summed E-state index contributed by atoms with van der Waals surface area (Å²) >= 11 is 0. The minimum absolute atomic E-state index is 0.0619. The molecule has 0 aromatic carbocycles. The van der Waals surface area contributed by atoms with Crippen molar-refractivity contribution in [2.45, 2.75) is 130 Å². The Morgan fingerprint density at radius 1 is 0.902 bits per heavy atom. The minimum Gasteiger partial charge on any atom is -0.391 e. The second kappa shape index (κ2) is 14.0. The monoisotopic (exact) mass is 593 g/mol. The predicted octanol–water partition coefficient (Wildman–Crippen LogP) is -5.58. The highest BCUT2D eigenvalue weighted by Gasteiger charge is 2.56. The Morgan fingerprint density at radius 3 is 2.27 bits per heavy atom. The van der Waals surface area contributed by atoms with Crippen LogP contribution in [0, 0.1) is 0 Å². The highest BCUT2D eigenvalue weighted by atomic mass is 16.8. The van der Waals surface area contributed by atoms with E-state index in [9.17, 15) is 20.4 Å². The summed E-state index contributed by atoms with van der Waals surface area (Å²) in [6.07, 6.45) is -7.30. The van der Waals surface area contributed by atoms with Gasteiger partial charge in [-0.15, -0.1) is 0 Å². The summed E-state index contributed by atoms with van der Waals surface area (Å²) in [5.41, 5.74) is 28.8. The average Bonchev–Trinajstić information content (AvgIpc) is 2.94. The van der Waals surface area contributed by atoms with E-state index in [0.717, 1.165) is 0 Å². The number of likely N-dealkylation sites (N-methyl/N-ethyl adjacent to an activating group) is 1. The van der Waals surface area contributed by atoms with Gasteiger partial charge in [0, 0.05) is 37.6 Å². The summed E-state index contributed by atoms with van der Waals surface area (Å²) in [5.74, 6) is 0. The largest absolute Gasteiger partial charge is 0.391 e. The normalized spacial score (nSPS) is 49.5. The van der Waals surface area contributed by atoms with Crippen LogP contribution in [-0.2, 0) is 23.7 Å². The maximum Gasteiger partial charge on any atom is 0.189 e. The van der Waals surface area contributed by atoms with Crippen LogP contribution in [-0.4, -0.2) is 145 Å². The molecule has 0 bridgehead atoms. The number of aliphatic hydroxyl groups is 4. The molecule has 15 atom stereocenters. The molecule has 16 nitrogen and oxygen atoms in total. The summed E-state index contributed by atoms with van der Waals surface area (Å²) in [7, 11) is 1.64. The van der Waals surface area contributed by atoms with Crippen LogP contribution in [0.3, 0.4) is 0 Å². The number of rotatable bonds is 9. The van der Waals surface area contributed by atoms with Gasteiger partial charge in [0.2, 0.25) is 0 Å². The van der Waals surface area contributed by atoms with E-state index in [0.29, 0.717) is 19.3 Å². The molecule has 0 radical (unpaired) electrons. The first-order chi connectivity index (χ1) is 19.4. The molecule has 1 aliphatic carbocycles. The Bertz CT molecular complexity index is 834. The molecule has 0 aromatic rings. The molecule has 3 aliphatic heterocycles. The van der Waals surface area contributed by atoms with Crippen molar-refractivity contribution in [2.75, 3.05) is 26.7 Å². The lowest BCUT2D eigenvalue weighted by molar-refractivity contribution is -0.370. The smallest absolute Gasteiger partial charge is 0.189 e. The third kappa shape index (κ3) is 7.04. The summed E-state index contributed by atoms with van der Waals surface area (Å²) in [6, 6.07) is -3.00. The van der Waals surface area contributed by atoms with E-state index in [1.807, 2.05) is 0 Å². The molecular weight excluding hydrogens is 542 g/mol. The van der Waals surface area contributed by atoms with E-state index in [1.54, 1.807) is 14.0 Å². The zero-order valence-electron chi connectivity index (χ0n) is 23.8. The van der Waals surface area contributed by atoms with Crippen molar-refractivity contribution < 1.29 is 44.1 Å². The average molecular weight is 594 g/mol.